The predicted molar refractivity (Wildman–Crippen MR) is 75.8 cm³/mol. The highest BCUT2D eigenvalue weighted by atomic mass is 16.5. The van der Waals surface area contributed by atoms with Crippen molar-refractivity contribution >= 4 is 16.9 Å². The molecule has 3 aromatic rings. The topological polar surface area (TPSA) is 85.8 Å². The fourth-order valence-electron chi connectivity index (χ4n) is 2.08. The van der Waals surface area contributed by atoms with Crippen LogP contribution in [-0.4, -0.2) is 32.1 Å². The van der Waals surface area contributed by atoms with Crippen molar-refractivity contribution in [1.82, 2.24) is 25.0 Å². The second kappa shape index (κ2) is 5.35. The highest BCUT2D eigenvalue weighted by molar-refractivity contribution is 5.94. The number of hydrogen-bond acceptors (Lipinski definition) is 5. The van der Waals surface area contributed by atoms with Crippen LogP contribution in [0.2, 0.25) is 0 Å². The molecule has 0 atom stereocenters. The minimum Gasteiger partial charge on any atom is -0.350 e. The SMILES string of the molecule is Cc1nc(CCNC(=O)c2ccc3ccn(C)c3n2)no1. The maximum Gasteiger partial charge on any atom is 0.269 e. The van der Waals surface area contributed by atoms with E-state index in [0.29, 0.717) is 30.4 Å². The van der Waals surface area contributed by atoms with E-state index in [1.54, 1.807) is 13.0 Å². The first kappa shape index (κ1) is 13.3. The fraction of sp³-hybridized carbons (Fsp3) is 0.286. The number of hydrogen-bond donors (Lipinski definition) is 1. The van der Waals surface area contributed by atoms with Crippen LogP contribution in [0.25, 0.3) is 11.0 Å². The summed E-state index contributed by atoms with van der Waals surface area (Å²) in [6, 6.07) is 5.57. The van der Waals surface area contributed by atoms with E-state index >= 15 is 0 Å². The van der Waals surface area contributed by atoms with Crippen molar-refractivity contribution < 1.29 is 9.32 Å². The molecule has 0 saturated carbocycles. The Bertz CT molecular complexity index is 790. The molecule has 108 valence electrons. The maximum atomic E-state index is 12.1. The van der Waals surface area contributed by atoms with Gasteiger partial charge >= 0.3 is 0 Å². The third kappa shape index (κ3) is 2.76. The van der Waals surface area contributed by atoms with Gasteiger partial charge in [0, 0.05) is 38.5 Å². The van der Waals surface area contributed by atoms with Gasteiger partial charge < -0.3 is 14.4 Å². The molecule has 0 aromatic carbocycles. The Morgan fingerprint density at radius 2 is 2.19 bits per heavy atom. The van der Waals surface area contributed by atoms with Crippen LogP contribution in [0.4, 0.5) is 0 Å². The van der Waals surface area contributed by atoms with Crippen molar-refractivity contribution in [3.8, 4) is 0 Å². The lowest BCUT2D eigenvalue weighted by Gasteiger charge is -2.04. The zero-order chi connectivity index (χ0) is 14.8. The van der Waals surface area contributed by atoms with Crippen molar-refractivity contribution in [3.05, 3.63) is 41.8 Å². The van der Waals surface area contributed by atoms with Gasteiger partial charge in [0.15, 0.2) is 5.82 Å². The summed E-state index contributed by atoms with van der Waals surface area (Å²) < 4.78 is 6.75. The molecule has 7 nitrogen and oxygen atoms in total. The monoisotopic (exact) mass is 285 g/mol. The third-order valence-corrected chi connectivity index (χ3v) is 3.15. The van der Waals surface area contributed by atoms with Gasteiger partial charge in [0.1, 0.15) is 11.3 Å². The van der Waals surface area contributed by atoms with Crippen LogP contribution in [0.1, 0.15) is 22.2 Å². The van der Waals surface area contributed by atoms with Crippen LogP contribution in [0, 0.1) is 6.92 Å². The summed E-state index contributed by atoms with van der Waals surface area (Å²) in [4.78, 5) is 20.5. The van der Waals surface area contributed by atoms with Gasteiger partial charge in [-0.05, 0) is 18.2 Å². The zero-order valence-electron chi connectivity index (χ0n) is 11.8. The van der Waals surface area contributed by atoms with E-state index in [1.807, 2.05) is 29.9 Å². The first-order chi connectivity index (χ1) is 10.1. The van der Waals surface area contributed by atoms with Gasteiger partial charge in [0.2, 0.25) is 5.89 Å². The lowest BCUT2D eigenvalue weighted by Crippen LogP contribution is -2.26. The Morgan fingerprint density at radius 3 is 2.95 bits per heavy atom. The number of carbonyl (C=O) groups is 1. The number of amides is 1. The normalized spacial score (nSPS) is 11.0. The average molecular weight is 285 g/mol. The number of carbonyl (C=O) groups excluding carboxylic acids is 1. The lowest BCUT2D eigenvalue weighted by molar-refractivity contribution is 0.0949. The second-order valence-corrected chi connectivity index (χ2v) is 4.77. The lowest BCUT2D eigenvalue weighted by atomic mass is 10.3. The summed E-state index contributed by atoms with van der Waals surface area (Å²) in [6.45, 7) is 2.17. The third-order valence-electron chi connectivity index (χ3n) is 3.15. The minimum absolute atomic E-state index is 0.210. The standard InChI is InChI=1S/C14H15N5O2/c1-9-16-12(18-21-9)5-7-15-14(20)11-4-3-10-6-8-19(2)13(10)17-11/h3-4,6,8H,5,7H2,1-2H3,(H,15,20). The van der Waals surface area contributed by atoms with Gasteiger partial charge in [-0.3, -0.25) is 4.79 Å². The van der Waals surface area contributed by atoms with Crippen LogP contribution in [0.5, 0.6) is 0 Å². The molecular weight excluding hydrogens is 270 g/mol. The first-order valence-corrected chi connectivity index (χ1v) is 6.63. The molecule has 3 aromatic heterocycles. The summed E-state index contributed by atoms with van der Waals surface area (Å²) >= 11 is 0. The molecule has 0 spiro atoms. The Morgan fingerprint density at radius 1 is 1.33 bits per heavy atom. The molecule has 3 rings (SSSR count). The van der Waals surface area contributed by atoms with Crippen LogP contribution in [-0.2, 0) is 13.5 Å². The summed E-state index contributed by atoms with van der Waals surface area (Å²) in [6.07, 6.45) is 2.44. The number of nitrogens with zero attached hydrogens (tertiary/aromatic N) is 4. The van der Waals surface area contributed by atoms with Gasteiger partial charge in [-0.1, -0.05) is 5.16 Å². The highest BCUT2D eigenvalue weighted by Gasteiger charge is 2.10. The fourth-order valence-corrected chi connectivity index (χ4v) is 2.08. The molecular formula is C14H15N5O2. The van der Waals surface area contributed by atoms with Crippen molar-refractivity contribution in [3.63, 3.8) is 0 Å². The number of fused-ring (bicyclic) bond motifs is 1. The minimum atomic E-state index is -0.210. The van der Waals surface area contributed by atoms with Crippen LogP contribution in [0.15, 0.2) is 28.9 Å². The average Bonchev–Trinajstić information content (AvgIpc) is 3.05. The Hall–Kier alpha value is -2.70. The Labute approximate surface area is 121 Å². The quantitative estimate of drug-likeness (QED) is 0.779. The van der Waals surface area contributed by atoms with Gasteiger partial charge in [-0.25, -0.2) is 4.98 Å². The van der Waals surface area contributed by atoms with Crippen LogP contribution < -0.4 is 5.32 Å². The summed E-state index contributed by atoms with van der Waals surface area (Å²) in [5.41, 5.74) is 1.19. The van der Waals surface area contributed by atoms with E-state index in [0.717, 1.165) is 11.0 Å². The molecule has 7 heteroatoms. The van der Waals surface area contributed by atoms with Gasteiger partial charge in [0.25, 0.3) is 5.91 Å². The van der Waals surface area contributed by atoms with E-state index in [9.17, 15) is 4.79 Å². The van der Waals surface area contributed by atoms with Crippen LogP contribution in [0.3, 0.4) is 0 Å². The molecule has 0 saturated heterocycles. The molecule has 0 radical (unpaired) electrons. The molecule has 0 bridgehead atoms. The zero-order valence-corrected chi connectivity index (χ0v) is 11.8. The summed E-state index contributed by atoms with van der Waals surface area (Å²) in [7, 11) is 1.90. The molecule has 0 aliphatic heterocycles. The molecule has 0 fully saturated rings. The van der Waals surface area contributed by atoms with E-state index in [2.05, 4.69) is 20.4 Å². The molecule has 3 heterocycles. The Kier molecular flexibility index (Phi) is 3.39. The number of aryl methyl sites for hydroxylation is 2. The van der Waals surface area contributed by atoms with Gasteiger partial charge in [-0.2, -0.15) is 4.98 Å². The van der Waals surface area contributed by atoms with E-state index in [4.69, 9.17) is 4.52 Å². The van der Waals surface area contributed by atoms with Crippen molar-refractivity contribution in [2.24, 2.45) is 7.05 Å². The van der Waals surface area contributed by atoms with E-state index in [-0.39, 0.29) is 5.91 Å². The highest BCUT2D eigenvalue weighted by Crippen LogP contribution is 2.12. The smallest absolute Gasteiger partial charge is 0.269 e. The molecule has 1 amide bonds. The van der Waals surface area contributed by atoms with E-state index < -0.39 is 0 Å². The summed E-state index contributed by atoms with van der Waals surface area (Å²) in [5, 5.41) is 7.59. The number of rotatable bonds is 4. The first-order valence-electron chi connectivity index (χ1n) is 6.63. The maximum absolute atomic E-state index is 12.1. The predicted octanol–water partition coefficient (Wildman–Crippen LogP) is 1.24. The molecule has 21 heavy (non-hydrogen) atoms. The Balaban J connectivity index is 1.64. The molecule has 0 aliphatic rings. The molecule has 1 N–H and O–H groups in total. The van der Waals surface area contributed by atoms with Crippen LogP contribution >= 0.6 is 0 Å². The van der Waals surface area contributed by atoms with E-state index in [1.165, 1.54) is 0 Å². The van der Waals surface area contributed by atoms with Crippen molar-refractivity contribution in [2.45, 2.75) is 13.3 Å². The number of pyridine rings is 1. The largest absolute Gasteiger partial charge is 0.350 e. The molecule has 0 aliphatic carbocycles. The summed E-state index contributed by atoms with van der Waals surface area (Å²) in [5.74, 6) is 0.893. The van der Waals surface area contributed by atoms with Gasteiger partial charge in [-0.15, -0.1) is 0 Å². The van der Waals surface area contributed by atoms with Gasteiger partial charge in [0.05, 0.1) is 0 Å². The number of nitrogens with one attached hydrogen (secondary N) is 1. The van der Waals surface area contributed by atoms with Crippen molar-refractivity contribution in [1.29, 1.82) is 0 Å². The molecule has 0 unspecified atom stereocenters. The number of aromatic nitrogens is 4. The second-order valence-electron chi connectivity index (χ2n) is 4.77. The van der Waals surface area contributed by atoms with Crippen molar-refractivity contribution in [2.75, 3.05) is 6.54 Å².